The summed E-state index contributed by atoms with van der Waals surface area (Å²) in [5.41, 5.74) is 2.20. The summed E-state index contributed by atoms with van der Waals surface area (Å²) in [5.74, 6) is 0.116. The van der Waals surface area contributed by atoms with Crippen molar-refractivity contribution in [1.29, 1.82) is 0 Å². The first-order valence-electron chi connectivity index (χ1n) is 9.45. The average Bonchev–Trinajstić information content (AvgIpc) is 3.27. The monoisotopic (exact) mass is 370 g/mol. The van der Waals surface area contributed by atoms with Crippen LogP contribution >= 0.6 is 0 Å². The minimum Gasteiger partial charge on any atom is -0.390 e. The third-order valence-corrected chi connectivity index (χ3v) is 6.19. The number of aliphatic hydroxyl groups is 1. The smallest absolute Gasteiger partial charge is 0.224 e. The Bertz CT molecular complexity index is 798. The zero-order valence-corrected chi connectivity index (χ0v) is 15.8. The topological polar surface area (TPSA) is 87.4 Å². The molecule has 1 N–H and O–H groups in total. The van der Waals surface area contributed by atoms with Gasteiger partial charge >= 0.3 is 0 Å². The number of hydrogen-bond donors (Lipinski definition) is 1. The van der Waals surface area contributed by atoms with Gasteiger partial charge in [0.15, 0.2) is 0 Å². The molecule has 0 unspecified atom stereocenters. The minimum atomic E-state index is -0.455. The second-order valence-electron chi connectivity index (χ2n) is 7.80. The van der Waals surface area contributed by atoms with Gasteiger partial charge in [0.25, 0.3) is 0 Å². The Morgan fingerprint density at radius 3 is 2.70 bits per heavy atom. The predicted octanol–water partition coefficient (Wildman–Crippen LogP) is 0.601. The lowest BCUT2D eigenvalue weighted by atomic mass is 9.72. The van der Waals surface area contributed by atoms with Gasteiger partial charge in [-0.2, -0.15) is 0 Å². The van der Waals surface area contributed by atoms with Crippen molar-refractivity contribution in [1.82, 2.24) is 30.0 Å². The molecule has 0 bridgehead atoms. The number of hydrogen-bond acceptors (Lipinski definition) is 6. The van der Waals surface area contributed by atoms with E-state index >= 15 is 0 Å². The van der Waals surface area contributed by atoms with Gasteiger partial charge in [-0.1, -0.05) is 24.3 Å². The molecule has 4 rings (SSSR count). The van der Waals surface area contributed by atoms with E-state index in [4.69, 9.17) is 0 Å². The van der Waals surface area contributed by atoms with Gasteiger partial charge in [-0.05, 0) is 48.5 Å². The summed E-state index contributed by atoms with van der Waals surface area (Å²) in [6.07, 6.45) is 3.02. The van der Waals surface area contributed by atoms with Crippen molar-refractivity contribution in [3.05, 3.63) is 41.7 Å². The maximum atomic E-state index is 12.6. The number of nitrogens with zero attached hydrogens (tertiary/aromatic N) is 6. The van der Waals surface area contributed by atoms with Crippen molar-refractivity contribution in [2.24, 2.45) is 0 Å². The van der Waals surface area contributed by atoms with Crippen molar-refractivity contribution in [2.45, 2.75) is 43.4 Å². The summed E-state index contributed by atoms with van der Waals surface area (Å²) in [4.78, 5) is 16.6. The molecule has 2 aromatic rings. The van der Waals surface area contributed by atoms with Crippen LogP contribution in [0.3, 0.4) is 0 Å². The molecule has 144 valence electrons. The molecule has 1 saturated heterocycles. The van der Waals surface area contributed by atoms with Gasteiger partial charge < -0.3 is 14.9 Å². The zero-order chi connectivity index (χ0) is 19.0. The van der Waals surface area contributed by atoms with Gasteiger partial charge in [0, 0.05) is 24.9 Å². The molecule has 1 aromatic carbocycles. The Kier molecular flexibility index (Phi) is 4.69. The molecule has 1 fully saturated rings. The predicted molar refractivity (Wildman–Crippen MR) is 98.8 cm³/mol. The molecule has 1 amide bonds. The number of carbonyl (C=O) groups is 1. The maximum absolute atomic E-state index is 12.6. The number of rotatable bonds is 4. The van der Waals surface area contributed by atoms with Crippen LogP contribution in [0.5, 0.6) is 0 Å². The normalized spacial score (nSPS) is 23.8. The first-order valence-corrected chi connectivity index (χ1v) is 9.45. The van der Waals surface area contributed by atoms with E-state index in [0.29, 0.717) is 26.1 Å². The molecule has 1 aromatic heterocycles. The maximum Gasteiger partial charge on any atom is 0.224 e. The number of fused-ring (bicyclic) bond motifs is 2. The Balaban J connectivity index is 1.47. The lowest BCUT2D eigenvalue weighted by Crippen LogP contribution is -2.50. The minimum absolute atomic E-state index is 0.00302. The van der Waals surface area contributed by atoms with E-state index in [0.717, 1.165) is 12.8 Å². The number of aromatic nitrogens is 4. The Morgan fingerprint density at radius 2 is 2.04 bits per heavy atom. The molecular weight excluding hydrogens is 344 g/mol. The van der Waals surface area contributed by atoms with Crippen LogP contribution in [0, 0.1) is 0 Å². The first-order chi connectivity index (χ1) is 13.0. The standard InChI is InChI=1S/C19H26N6O2/c1-23(2)17-14-5-3-4-6-15(14)19(18(17)27)8-11-24(12-9-19)16(26)7-10-25-13-20-21-22-25/h3-6,13,17-18,27H,7-12H2,1-2H3/t17-,18+/m0/s1. The van der Waals surface area contributed by atoms with Crippen LogP contribution in [-0.4, -0.2) is 74.3 Å². The van der Waals surface area contributed by atoms with Gasteiger partial charge in [-0.25, -0.2) is 4.68 Å². The second kappa shape index (κ2) is 7.01. The fourth-order valence-corrected chi connectivity index (χ4v) is 4.77. The fourth-order valence-electron chi connectivity index (χ4n) is 4.77. The molecule has 1 spiro atoms. The molecule has 0 saturated carbocycles. The van der Waals surface area contributed by atoms with Crippen molar-refractivity contribution in [3.63, 3.8) is 0 Å². The van der Waals surface area contributed by atoms with Gasteiger partial charge in [-0.3, -0.25) is 4.79 Å². The summed E-state index contributed by atoms with van der Waals surface area (Å²) in [6, 6.07) is 8.37. The van der Waals surface area contributed by atoms with Crippen molar-refractivity contribution in [2.75, 3.05) is 27.2 Å². The molecule has 1 aliphatic heterocycles. The van der Waals surface area contributed by atoms with Crippen LogP contribution in [0.2, 0.25) is 0 Å². The third-order valence-electron chi connectivity index (χ3n) is 6.19. The largest absolute Gasteiger partial charge is 0.390 e. The van der Waals surface area contributed by atoms with Gasteiger partial charge in [-0.15, -0.1) is 5.10 Å². The second-order valence-corrected chi connectivity index (χ2v) is 7.80. The molecular formula is C19H26N6O2. The zero-order valence-electron chi connectivity index (χ0n) is 15.8. The van der Waals surface area contributed by atoms with E-state index in [-0.39, 0.29) is 17.4 Å². The molecule has 27 heavy (non-hydrogen) atoms. The highest BCUT2D eigenvalue weighted by Gasteiger charge is 2.53. The lowest BCUT2D eigenvalue weighted by molar-refractivity contribution is -0.134. The van der Waals surface area contributed by atoms with Crippen LogP contribution in [0.1, 0.15) is 36.4 Å². The number of likely N-dealkylation sites (tertiary alicyclic amines) is 1. The van der Waals surface area contributed by atoms with Crippen molar-refractivity contribution >= 4 is 5.91 Å². The van der Waals surface area contributed by atoms with Gasteiger partial charge in [0.05, 0.1) is 18.7 Å². The SMILES string of the molecule is CN(C)[C@H]1c2ccccc2C2(CCN(C(=O)CCn3cnnn3)CC2)[C@@H]1O. The molecule has 1 aliphatic carbocycles. The van der Waals surface area contributed by atoms with Gasteiger partial charge in [0.1, 0.15) is 6.33 Å². The first kappa shape index (κ1) is 18.1. The van der Waals surface area contributed by atoms with E-state index < -0.39 is 6.10 Å². The Hall–Kier alpha value is -2.32. The Labute approximate surface area is 158 Å². The fraction of sp³-hybridized carbons (Fsp3) is 0.579. The highest BCUT2D eigenvalue weighted by Crippen LogP contribution is 2.52. The summed E-state index contributed by atoms with van der Waals surface area (Å²) in [6.45, 7) is 1.82. The highest BCUT2D eigenvalue weighted by molar-refractivity contribution is 5.76. The number of aliphatic hydroxyl groups excluding tert-OH is 1. The molecule has 2 heterocycles. The van der Waals surface area contributed by atoms with E-state index in [9.17, 15) is 9.90 Å². The number of likely N-dealkylation sites (N-methyl/N-ethyl adjacent to an activating group) is 1. The number of tetrazole rings is 1. The third kappa shape index (κ3) is 3.02. The van der Waals surface area contributed by atoms with Crippen LogP contribution in [-0.2, 0) is 16.8 Å². The number of piperidine rings is 1. The van der Waals surface area contributed by atoms with E-state index in [2.05, 4.69) is 38.6 Å². The van der Waals surface area contributed by atoms with Crippen LogP contribution < -0.4 is 0 Å². The van der Waals surface area contributed by atoms with Crippen molar-refractivity contribution < 1.29 is 9.90 Å². The summed E-state index contributed by atoms with van der Waals surface area (Å²) in [5, 5.41) is 22.2. The summed E-state index contributed by atoms with van der Waals surface area (Å²) >= 11 is 0. The van der Waals surface area contributed by atoms with E-state index in [1.165, 1.54) is 17.5 Å². The summed E-state index contributed by atoms with van der Waals surface area (Å²) in [7, 11) is 4.03. The number of carbonyl (C=O) groups excluding carboxylic acids is 1. The van der Waals surface area contributed by atoms with Crippen LogP contribution in [0.15, 0.2) is 30.6 Å². The van der Waals surface area contributed by atoms with Crippen LogP contribution in [0.4, 0.5) is 0 Å². The van der Waals surface area contributed by atoms with E-state index in [1.54, 1.807) is 4.68 Å². The number of benzene rings is 1. The Morgan fingerprint density at radius 1 is 1.30 bits per heavy atom. The summed E-state index contributed by atoms with van der Waals surface area (Å²) < 4.78 is 1.57. The van der Waals surface area contributed by atoms with Crippen LogP contribution in [0.25, 0.3) is 0 Å². The quantitative estimate of drug-likeness (QED) is 0.848. The van der Waals surface area contributed by atoms with Crippen molar-refractivity contribution in [3.8, 4) is 0 Å². The molecule has 0 radical (unpaired) electrons. The number of aryl methyl sites for hydroxylation is 1. The molecule has 8 nitrogen and oxygen atoms in total. The molecule has 8 heteroatoms. The highest BCUT2D eigenvalue weighted by atomic mass is 16.3. The van der Waals surface area contributed by atoms with Gasteiger partial charge in [0.2, 0.25) is 5.91 Å². The van der Waals surface area contributed by atoms with E-state index in [1.807, 2.05) is 25.1 Å². The molecule has 2 atom stereocenters. The lowest BCUT2D eigenvalue weighted by Gasteiger charge is -2.43. The molecule has 2 aliphatic rings. The number of amides is 1. The average molecular weight is 370 g/mol.